The van der Waals surface area contributed by atoms with Gasteiger partial charge in [0.05, 0.1) is 13.7 Å². The van der Waals surface area contributed by atoms with Crippen LogP contribution in [0.2, 0.25) is 0 Å². The van der Waals surface area contributed by atoms with Gasteiger partial charge in [-0.1, -0.05) is 31.7 Å². The number of rotatable bonds is 6. The molecule has 1 N–H and O–H groups in total. The van der Waals surface area contributed by atoms with Crippen molar-refractivity contribution in [2.24, 2.45) is 0 Å². The number of methoxy groups -OCH3 is 1. The summed E-state index contributed by atoms with van der Waals surface area (Å²) in [6.45, 7) is 2.40. The molecule has 0 radical (unpaired) electrons. The number of anilines is 1. The molecule has 0 unspecified atom stereocenters. The Bertz CT molecular complexity index is 641. The van der Waals surface area contributed by atoms with E-state index in [1.54, 1.807) is 12.0 Å². The third-order valence-electron chi connectivity index (χ3n) is 5.54. The molecule has 0 aromatic heterocycles. The lowest BCUT2D eigenvalue weighted by Gasteiger charge is -2.34. The average molecular weight is 373 g/mol. The van der Waals surface area contributed by atoms with E-state index in [1.807, 2.05) is 24.3 Å². The second-order valence-corrected chi connectivity index (χ2v) is 7.53. The molecule has 1 aliphatic heterocycles. The van der Waals surface area contributed by atoms with Gasteiger partial charge in [-0.3, -0.25) is 14.5 Å². The largest absolute Gasteiger partial charge is 0.497 e. The van der Waals surface area contributed by atoms with Crippen LogP contribution in [-0.4, -0.2) is 56.0 Å². The minimum Gasteiger partial charge on any atom is -0.497 e. The van der Waals surface area contributed by atoms with Gasteiger partial charge in [0.1, 0.15) is 5.75 Å². The van der Waals surface area contributed by atoms with Gasteiger partial charge in [0.2, 0.25) is 11.8 Å². The molecule has 0 bridgehead atoms. The minimum absolute atomic E-state index is 0.0682. The number of carbonyl (C=O) groups is 2. The third kappa shape index (κ3) is 5.70. The summed E-state index contributed by atoms with van der Waals surface area (Å²) in [5, 5.41) is 3.18. The number of hydrogen-bond acceptors (Lipinski definition) is 4. The maximum Gasteiger partial charge on any atom is 0.241 e. The lowest BCUT2D eigenvalue weighted by Crippen LogP contribution is -2.51. The van der Waals surface area contributed by atoms with Crippen molar-refractivity contribution in [3.63, 3.8) is 0 Å². The van der Waals surface area contributed by atoms with Crippen LogP contribution in [-0.2, 0) is 9.59 Å². The highest BCUT2D eigenvalue weighted by atomic mass is 16.5. The van der Waals surface area contributed by atoms with Gasteiger partial charge >= 0.3 is 0 Å². The van der Waals surface area contributed by atoms with Crippen LogP contribution >= 0.6 is 0 Å². The molecule has 3 rings (SSSR count). The molecule has 27 heavy (non-hydrogen) atoms. The van der Waals surface area contributed by atoms with Crippen LogP contribution in [0.3, 0.4) is 0 Å². The van der Waals surface area contributed by atoms with Crippen LogP contribution in [0.15, 0.2) is 24.3 Å². The highest BCUT2D eigenvalue weighted by Gasteiger charge is 2.25. The first-order valence-corrected chi connectivity index (χ1v) is 10.1. The smallest absolute Gasteiger partial charge is 0.241 e. The molecule has 148 valence electrons. The Balaban J connectivity index is 1.44. The number of nitrogens with zero attached hydrogens (tertiary/aromatic N) is 2. The maximum atomic E-state index is 12.5. The van der Waals surface area contributed by atoms with Gasteiger partial charge in [-0.05, 0) is 25.0 Å². The summed E-state index contributed by atoms with van der Waals surface area (Å²) in [4.78, 5) is 28.7. The molecule has 1 saturated heterocycles. The molecule has 1 aromatic carbocycles. The fourth-order valence-corrected chi connectivity index (χ4v) is 3.95. The van der Waals surface area contributed by atoms with Gasteiger partial charge in [0.25, 0.3) is 0 Å². The maximum absolute atomic E-state index is 12.5. The number of piperazine rings is 1. The predicted molar refractivity (Wildman–Crippen MR) is 106 cm³/mol. The Morgan fingerprint density at radius 2 is 1.96 bits per heavy atom. The van der Waals surface area contributed by atoms with E-state index in [1.165, 1.54) is 25.7 Å². The number of amides is 2. The molecule has 6 heteroatoms. The molecular weight excluding hydrogens is 342 g/mol. The van der Waals surface area contributed by atoms with Crippen molar-refractivity contribution in [3.05, 3.63) is 24.3 Å². The van der Waals surface area contributed by atoms with Gasteiger partial charge in [0.15, 0.2) is 0 Å². The SMILES string of the molecule is COc1cccc(N2CCN(CCC(=O)NC3CCCCCC3)CC2=O)c1. The first-order valence-electron chi connectivity index (χ1n) is 10.1. The number of ether oxygens (including phenoxy) is 1. The van der Waals surface area contributed by atoms with Crippen molar-refractivity contribution in [2.75, 3.05) is 38.2 Å². The number of hydrogen-bond donors (Lipinski definition) is 1. The Kier molecular flexibility index (Phi) is 7.10. The summed E-state index contributed by atoms with van der Waals surface area (Å²) in [6, 6.07) is 7.92. The van der Waals surface area contributed by atoms with Crippen LogP contribution in [0, 0.1) is 0 Å². The summed E-state index contributed by atoms with van der Waals surface area (Å²) < 4.78 is 5.24. The zero-order valence-corrected chi connectivity index (χ0v) is 16.3. The third-order valence-corrected chi connectivity index (χ3v) is 5.54. The topological polar surface area (TPSA) is 61.9 Å². The van der Waals surface area contributed by atoms with E-state index in [9.17, 15) is 9.59 Å². The van der Waals surface area contributed by atoms with E-state index >= 15 is 0 Å². The van der Waals surface area contributed by atoms with E-state index in [2.05, 4.69) is 10.2 Å². The summed E-state index contributed by atoms with van der Waals surface area (Å²) in [6.07, 6.45) is 7.66. The lowest BCUT2D eigenvalue weighted by atomic mass is 10.1. The van der Waals surface area contributed by atoms with Gasteiger partial charge in [-0.15, -0.1) is 0 Å². The number of benzene rings is 1. The molecule has 0 spiro atoms. The second kappa shape index (κ2) is 9.74. The van der Waals surface area contributed by atoms with E-state index in [0.717, 1.165) is 30.8 Å². The second-order valence-electron chi connectivity index (χ2n) is 7.53. The van der Waals surface area contributed by atoms with Crippen molar-refractivity contribution in [3.8, 4) is 5.75 Å². The van der Waals surface area contributed by atoms with Crippen LogP contribution in [0.5, 0.6) is 5.75 Å². The van der Waals surface area contributed by atoms with Crippen molar-refractivity contribution < 1.29 is 14.3 Å². The Labute approximate surface area is 161 Å². The molecular formula is C21H31N3O3. The van der Waals surface area contributed by atoms with Crippen LogP contribution in [0.4, 0.5) is 5.69 Å². The summed E-state index contributed by atoms with van der Waals surface area (Å²) in [7, 11) is 1.62. The highest BCUT2D eigenvalue weighted by Crippen LogP contribution is 2.23. The highest BCUT2D eigenvalue weighted by molar-refractivity contribution is 5.95. The normalized spacial score (nSPS) is 19.6. The summed E-state index contributed by atoms with van der Waals surface area (Å²) in [5.74, 6) is 0.932. The molecule has 1 aromatic rings. The number of carbonyl (C=O) groups excluding carboxylic acids is 2. The minimum atomic E-state index is 0.0682. The van der Waals surface area contributed by atoms with E-state index in [4.69, 9.17) is 4.74 Å². The van der Waals surface area contributed by atoms with E-state index < -0.39 is 0 Å². The van der Waals surface area contributed by atoms with Gasteiger partial charge in [-0.25, -0.2) is 0 Å². The van der Waals surface area contributed by atoms with Crippen molar-refractivity contribution >= 4 is 17.5 Å². The van der Waals surface area contributed by atoms with Crippen molar-refractivity contribution in [2.45, 2.75) is 51.0 Å². The summed E-state index contributed by atoms with van der Waals surface area (Å²) >= 11 is 0. The van der Waals surface area contributed by atoms with E-state index in [-0.39, 0.29) is 11.8 Å². The van der Waals surface area contributed by atoms with Crippen LogP contribution < -0.4 is 15.0 Å². The lowest BCUT2D eigenvalue weighted by molar-refractivity contribution is -0.124. The molecule has 6 nitrogen and oxygen atoms in total. The van der Waals surface area contributed by atoms with Gasteiger partial charge in [0, 0.05) is 43.9 Å². The fraction of sp³-hybridized carbons (Fsp3) is 0.619. The first-order chi connectivity index (χ1) is 13.2. The zero-order valence-electron chi connectivity index (χ0n) is 16.3. The molecule has 2 aliphatic rings. The van der Waals surface area contributed by atoms with Crippen LogP contribution in [0.1, 0.15) is 44.9 Å². The fourth-order valence-electron chi connectivity index (χ4n) is 3.95. The standard InChI is InChI=1S/C21H31N3O3/c1-27-19-10-6-9-18(15-19)24-14-13-23(16-21(24)26)12-11-20(25)22-17-7-4-2-3-5-8-17/h6,9-10,15,17H,2-5,7-8,11-14,16H2,1H3,(H,22,25). The average Bonchev–Trinajstić information content (AvgIpc) is 2.95. The van der Waals surface area contributed by atoms with Crippen molar-refractivity contribution in [1.29, 1.82) is 0 Å². The Morgan fingerprint density at radius 1 is 1.19 bits per heavy atom. The number of nitrogens with one attached hydrogen (secondary N) is 1. The quantitative estimate of drug-likeness (QED) is 0.779. The Morgan fingerprint density at radius 3 is 2.67 bits per heavy atom. The molecule has 2 fully saturated rings. The van der Waals surface area contributed by atoms with Gasteiger partial charge < -0.3 is 15.0 Å². The zero-order chi connectivity index (χ0) is 19.1. The summed E-state index contributed by atoms with van der Waals surface area (Å²) in [5.41, 5.74) is 0.866. The Hall–Kier alpha value is -2.08. The first kappa shape index (κ1) is 19.7. The molecule has 1 heterocycles. The monoisotopic (exact) mass is 373 g/mol. The van der Waals surface area contributed by atoms with Crippen LogP contribution in [0.25, 0.3) is 0 Å². The predicted octanol–water partition coefficient (Wildman–Crippen LogP) is 2.57. The molecule has 2 amide bonds. The van der Waals surface area contributed by atoms with Gasteiger partial charge in [-0.2, -0.15) is 0 Å². The molecule has 1 saturated carbocycles. The molecule has 1 aliphatic carbocycles. The molecule has 0 atom stereocenters. The van der Waals surface area contributed by atoms with Crippen molar-refractivity contribution in [1.82, 2.24) is 10.2 Å². The van der Waals surface area contributed by atoms with E-state index in [0.29, 0.717) is 32.1 Å².